The fourth-order valence-corrected chi connectivity index (χ4v) is 3.99. The molecular formula is C22H31N2O3S+. The Labute approximate surface area is 171 Å². The fraction of sp³-hybridized carbons (Fsp3) is 0.455. The number of likely N-dealkylation sites (N-methyl/N-ethyl adjacent to an activating group) is 1. The lowest BCUT2D eigenvalue weighted by Gasteiger charge is -2.16. The Morgan fingerprint density at radius 3 is 2.46 bits per heavy atom. The highest BCUT2D eigenvalue weighted by molar-refractivity contribution is 7.15. The summed E-state index contributed by atoms with van der Waals surface area (Å²) in [6.45, 7) is 10.6. The van der Waals surface area contributed by atoms with Gasteiger partial charge in [-0.25, -0.2) is 4.79 Å². The van der Waals surface area contributed by atoms with Gasteiger partial charge in [-0.15, -0.1) is 11.3 Å². The third kappa shape index (κ3) is 5.91. The van der Waals surface area contributed by atoms with Crippen molar-refractivity contribution in [3.63, 3.8) is 0 Å². The lowest BCUT2D eigenvalue weighted by Crippen LogP contribution is -3.12. The van der Waals surface area contributed by atoms with Crippen LogP contribution in [0.15, 0.2) is 29.6 Å². The van der Waals surface area contributed by atoms with Gasteiger partial charge in [0, 0.05) is 10.9 Å². The number of unbranched alkanes of at least 4 members (excludes halogenated alkanes) is 1. The monoisotopic (exact) mass is 403 g/mol. The van der Waals surface area contributed by atoms with Gasteiger partial charge >= 0.3 is 5.97 Å². The largest absolute Gasteiger partial charge is 0.462 e. The molecule has 1 heterocycles. The average molecular weight is 404 g/mol. The van der Waals surface area contributed by atoms with Gasteiger partial charge in [-0.05, 0) is 32.8 Å². The molecule has 0 aliphatic rings. The van der Waals surface area contributed by atoms with Crippen molar-refractivity contribution in [1.29, 1.82) is 0 Å². The molecule has 5 nitrogen and oxygen atoms in total. The minimum absolute atomic E-state index is 0.0733. The van der Waals surface area contributed by atoms with Crippen LogP contribution in [-0.4, -0.2) is 38.1 Å². The van der Waals surface area contributed by atoms with Crippen LogP contribution in [-0.2, 0) is 9.53 Å². The fourth-order valence-electron chi connectivity index (χ4n) is 3.02. The number of rotatable bonds is 10. The van der Waals surface area contributed by atoms with Crippen LogP contribution in [0, 0.1) is 6.92 Å². The maximum Gasteiger partial charge on any atom is 0.341 e. The Morgan fingerprint density at radius 2 is 1.86 bits per heavy atom. The van der Waals surface area contributed by atoms with Crippen LogP contribution in [0.1, 0.15) is 49.5 Å². The number of esters is 1. The molecule has 1 atom stereocenters. The lowest BCUT2D eigenvalue weighted by atomic mass is 10.0. The van der Waals surface area contributed by atoms with E-state index in [9.17, 15) is 9.59 Å². The van der Waals surface area contributed by atoms with Crippen LogP contribution in [0.4, 0.5) is 5.00 Å². The molecule has 0 saturated heterocycles. The second-order valence-corrected chi connectivity index (χ2v) is 7.75. The summed E-state index contributed by atoms with van der Waals surface area (Å²) in [4.78, 5) is 26.5. The Bertz CT molecular complexity index is 784. The van der Waals surface area contributed by atoms with E-state index in [0.29, 0.717) is 23.7 Å². The number of carbonyl (C=O) groups excluding carboxylic acids is 2. The van der Waals surface area contributed by atoms with Gasteiger partial charge < -0.3 is 15.0 Å². The Kier molecular flexibility index (Phi) is 8.67. The first-order chi connectivity index (χ1) is 13.5. The molecular weight excluding hydrogens is 372 g/mol. The van der Waals surface area contributed by atoms with Gasteiger partial charge in [0.1, 0.15) is 10.6 Å². The topological polar surface area (TPSA) is 59.8 Å². The first kappa shape index (κ1) is 22.1. The summed E-state index contributed by atoms with van der Waals surface area (Å²) in [6.07, 6.45) is 2.21. The number of nitrogens with one attached hydrogen (secondary N) is 2. The summed E-state index contributed by atoms with van der Waals surface area (Å²) in [6, 6.07) is 7.99. The molecule has 2 rings (SSSR count). The van der Waals surface area contributed by atoms with Crippen molar-refractivity contribution < 1.29 is 19.2 Å². The number of quaternary nitrogens is 1. The number of amides is 1. The second kappa shape index (κ2) is 11.0. The quantitative estimate of drug-likeness (QED) is 0.597. The van der Waals surface area contributed by atoms with E-state index >= 15 is 0 Å². The van der Waals surface area contributed by atoms with E-state index in [1.807, 2.05) is 36.6 Å². The van der Waals surface area contributed by atoms with Crippen LogP contribution in [0.5, 0.6) is 0 Å². The summed E-state index contributed by atoms with van der Waals surface area (Å²) in [5, 5.41) is 5.42. The lowest BCUT2D eigenvalue weighted by molar-refractivity contribution is -0.890. The van der Waals surface area contributed by atoms with E-state index in [-0.39, 0.29) is 5.91 Å². The highest BCUT2D eigenvalue weighted by atomic mass is 32.1. The highest BCUT2D eigenvalue weighted by Crippen LogP contribution is 2.36. The summed E-state index contributed by atoms with van der Waals surface area (Å²) in [5.41, 5.74) is 3.33. The molecule has 2 N–H and O–H groups in total. The third-order valence-corrected chi connectivity index (χ3v) is 5.58. The summed E-state index contributed by atoms with van der Waals surface area (Å²) in [5.74, 6) is -0.476. The molecule has 0 aliphatic heterocycles. The first-order valence-corrected chi connectivity index (χ1v) is 10.9. The van der Waals surface area contributed by atoms with Crippen molar-refractivity contribution in [2.45, 2.75) is 40.5 Å². The van der Waals surface area contributed by atoms with E-state index in [2.05, 4.69) is 19.2 Å². The maximum absolute atomic E-state index is 12.6. The summed E-state index contributed by atoms with van der Waals surface area (Å²) in [7, 11) is 0. The molecule has 1 unspecified atom stereocenters. The Balaban J connectivity index is 2.24. The molecule has 28 heavy (non-hydrogen) atoms. The Hall–Kier alpha value is -2.18. The van der Waals surface area contributed by atoms with Crippen LogP contribution in [0.2, 0.25) is 0 Å². The molecule has 0 saturated carbocycles. The number of aryl methyl sites for hydroxylation is 1. The van der Waals surface area contributed by atoms with E-state index in [0.717, 1.165) is 42.6 Å². The number of thiophene rings is 1. The number of anilines is 1. The number of hydrogen-bond donors (Lipinski definition) is 2. The van der Waals surface area contributed by atoms with Crippen LogP contribution >= 0.6 is 11.3 Å². The SMILES string of the molecule is CCCC[NH+](CC)CC(=O)Nc1scc(-c2ccc(C)cc2)c1C(=O)OCC. The number of carbonyl (C=O) groups is 2. The Morgan fingerprint density at radius 1 is 1.14 bits per heavy atom. The van der Waals surface area contributed by atoms with Gasteiger partial charge in [0.25, 0.3) is 5.91 Å². The maximum atomic E-state index is 12.6. The van der Waals surface area contributed by atoms with Gasteiger partial charge in [-0.3, -0.25) is 4.79 Å². The van der Waals surface area contributed by atoms with Gasteiger partial charge in [-0.1, -0.05) is 43.2 Å². The van der Waals surface area contributed by atoms with Crippen molar-refractivity contribution in [3.05, 3.63) is 40.8 Å². The number of ether oxygens (including phenoxy) is 1. The zero-order valence-electron chi connectivity index (χ0n) is 17.3. The van der Waals surface area contributed by atoms with Crippen LogP contribution in [0.25, 0.3) is 11.1 Å². The third-order valence-electron chi connectivity index (χ3n) is 4.68. The first-order valence-electron chi connectivity index (χ1n) is 9.99. The smallest absolute Gasteiger partial charge is 0.341 e. The molecule has 0 aliphatic carbocycles. The van der Waals surface area contributed by atoms with Gasteiger partial charge in [0.05, 0.1) is 19.7 Å². The molecule has 0 fully saturated rings. The zero-order valence-corrected chi connectivity index (χ0v) is 18.1. The van der Waals surface area contributed by atoms with Gasteiger partial charge in [0.2, 0.25) is 0 Å². The van der Waals surface area contributed by atoms with Crippen molar-refractivity contribution >= 4 is 28.2 Å². The highest BCUT2D eigenvalue weighted by Gasteiger charge is 2.23. The van der Waals surface area contributed by atoms with Crippen LogP contribution in [0.3, 0.4) is 0 Å². The number of benzene rings is 1. The normalized spacial score (nSPS) is 11.9. The van der Waals surface area contributed by atoms with E-state index in [4.69, 9.17) is 4.74 Å². The summed E-state index contributed by atoms with van der Waals surface area (Å²) >= 11 is 1.37. The molecule has 2 aromatic rings. The molecule has 0 spiro atoms. The van der Waals surface area contributed by atoms with Crippen molar-refractivity contribution in [3.8, 4) is 11.1 Å². The van der Waals surface area contributed by atoms with E-state index in [1.54, 1.807) is 6.92 Å². The molecule has 1 amide bonds. The molecule has 1 aromatic carbocycles. The molecule has 0 radical (unpaired) electrons. The van der Waals surface area contributed by atoms with Crippen molar-refractivity contribution in [2.75, 3.05) is 31.6 Å². The zero-order chi connectivity index (χ0) is 20.5. The van der Waals surface area contributed by atoms with E-state index in [1.165, 1.54) is 16.2 Å². The van der Waals surface area contributed by atoms with Crippen LogP contribution < -0.4 is 10.2 Å². The van der Waals surface area contributed by atoms with Gasteiger partial charge in [-0.2, -0.15) is 0 Å². The van der Waals surface area contributed by atoms with E-state index < -0.39 is 5.97 Å². The minimum atomic E-state index is -0.402. The number of hydrogen-bond acceptors (Lipinski definition) is 4. The minimum Gasteiger partial charge on any atom is -0.462 e. The second-order valence-electron chi connectivity index (χ2n) is 6.87. The van der Waals surface area contributed by atoms with Crippen molar-refractivity contribution in [1.82, 2.24) is 0 Å². The van der Waals surface area contributed by atoms with Gasteiger partial charge in [0.15, 0.2) is 6.54 Å². The standard InChI is InChI=1S/C22H30N2O3S/c1-5-8-13-24(6-2)14-19(25)23-21-20(22(26)27-7-3)18(15-28-21)17-11-9-16(4)10-12-17/h9-12,15H,5-8,13-14H2,1-4H3,(H,23,25)/p+1. The molecule has 1 aromatic heterocycles. The predicted octanol–water partition coefficient (Wildman–Crippen LogP) is 3.54. The molecule has 0 bridgehead atoms. The average Bonchev–Trinajstić information content (AvgIpc) is 3.09. The molecule has 152 valence electrons. The van der Waals surface area contributed by atoms with Crippen molar-refractivity contribution in [2.24, 2.45) is 0 Å². The summed E-state index contributed by atoms with van der Waals surface area (Å²) < 4.78 is 5.26. The molecule has 6 heteroatoms. The predicted molar refractivity (Wildman–Crippen MR) is 115 cm³/mol.